The van der Waals surface area contributed by atoms with Gasteiger partial charge in [-0.25, -0.2) is 4.79 Å². The molecule has 0 saturated heterocycles. The average molecular weight is 364 g/mol. The van der Waals surface area contributed by atoms with Crippen molar-refractivity contribution in [3.05, 3.63) is 63.5 Å². The summed E-state index contributed by atoms with van der Waals surface area (Å²) in [6.45, 7) is 4.53. The van der Waals surface area contributed by atoms with Crippen molar-refractivity contribution in [3.8, 4) is 0 Å². The minimum absolute atomic E-state index is 0.0216. The Balaban J connectivity index is 1.48. The highest BCUT2D eigenvalue weighted by Gasteiger charge is 2.29. The van der Waals surface area contributed by atoms with E-state index in [0.29, 0.717) is 18.8 Å². The predicted octanol–water partition coefficient (Wildman–Crippen LogP) is 2.58. The summed E-state index contributed by atoms with van der Waals surface area (Å²) >= 11 is 0. The number of carbonyl (C=O) groups is 1. The van der Waals surface area contributed by atoms with Crippen molar-refractivity contribution in [1.82, 2.24) is 19.9 Å². The van der Waals surface area contributed by atoms with Crippen LogP contribution in [0.1, 0.15) is 41.4 Å². The molecule has 2 N–H and O–H groups in total. The summed E-state index contributed by atoms with van der Waals surface area (Å²) in [5.74, 6) is -0.136. The summed E-state index contributed by atoms with van der Waals surface area (Å²) in [6.07, 6.45) is 2.86. The molecule has 0 fully saturated rings. The molecule has 3 aromatic rings. The van der Waals surface area contributed by atoms with Crippen LogP contribution in [0.25, 0.3) is 10.9 Å². The van der Waals surface area contributed by atoms with Crippen molar-refractivity contribution in [2.45, 2.75) is 45.6 Å². The minimum atomic E-state index is -0.266. The molecule has 1 aromatic carbocycles. The fourth-order valence-corrected chi connectivity index (χ4v) is 4.14. The van der Waals surface area contributed by atoms with E-state index in [2.05, 4.69) is 27.4 Å². The Kier molecular flexibility index (Phi) is 4.56. The van der Waals surface area contributed by atoms with Crippen LogP contribution in [0, 0.1) is 13.8 Å². The lowest BCUT2D eigenvalue weighted by molar-refractivity contribution is -0.123. The third-order valence-corrected chi connectivity index (χ3v) is 5.41. The Hall–Kier alpha value is -2.89. The van der Waals surface area contributed by atoms with Gasteiger partial charge < -0.3 is 10.3 Å². The number of nitrogens with one attached hydrogen (secondary N) is 2. The Labute approximate surface area is 157 Å². The fraction of sp³-hybridized carbons (Fsp3) is 0.381. The number of rotatable bonds is 4. The quantitative estimate of drug-likeness (QED) is 0.747. The SMILES string of the molecule is Cc1cc(C)n(CCNC(=O)[C@H]2CCCc3c2[nH]c2ccccc32)c(=O)n1. The first-order valence-electron chi connectivity index (χ1n) is 9.47. The van der Waals surface area contributed by atoms with Crippen molar-refractivity contribution in [1.29, 1.82) is 0 Å². The number of hydrogen-bond donors (Lipinski definition) is 2. The second kappa shape index (κ2) is 7.02. The molecular weight excluding hydrogens is 340 g/mol. The highest BCUT2D eigenvalue weighted by molar-refractivity contribution is 5.90. The number of H-pyrrole nitrogens is 1. The standard InChI is InChI=1S/C21H24N4O2/c1-13-12-14(2)25(21(27)23-13)11-10-22-20(26)17-8-5-7-16-15-6-3-4-9-18(15)24-19(16)17/h3-4,6,9,12,17,24H,5,7-8,10-11H2,1-2H3,(H,22,26)/t17-/m0/s1. The third-order valence-electron chi connectivity index (χ3n) is 5.41. The van der Waals surface area contributed by atoms with Gasteiger partial charge in [-0.15, -0.1) is 0 Å². The van der Waals surface area contributed by atoms with Crippen LogP contribution in [0.3, 0.4) is 0 Å². The number of carbonyl (C=O) groups excluding carboxylic acids is 1. The molecule has 4 rings (SSSR count). The van der Waals surface area contributed by atoms with Gasteiger partial charge in [0.2, 0.25) is 5.91 Å². The zero-order valence-electron chi connectivity index (χ0n) is 15.7. The number of nitrogens with zero attached hydrogens (tertiary/aromatic N) is 2. The lowest BCUT2D eigenvalue weighted by Gasteiger charge is -2.22. The first kappa shape index (κ1) is 17.5. The van der Waals surface area contributed by atoms with E-state index >= 15 is 0 Å². The zero-order chi connectivity index (χ0) is 19.0. The fourth-order valence-electron chi connectivity index (χ4n) is 4.14. The molecule has 1 aliphatic carbocycles. The van der Waals surface area contributed by atoms with Gasteiger partial charge in [-0.2, -0.15) is 4.98 Å². The monoisotopic (exact) mass is 364 g/mol. The topological polar surface area (TPSA) is 79.8 Å². The van der Waals surface area contributed by atoms with Gasteiger partial charge in [-0.05, 0) is 50.8 Å². The minimum Gasteiger partial charge on any atom is -0.357 e. The van der Waals surface area contributed by atoms with Crippen LogP contribution in [-0.4, -0.2) is 27.0 Å². The summed E-state index contributed by atoms with van der Waals surface area (Å²) in [7, 11) is 0. The number of aromatic nitrogens is 3. The normalized spacial score (nSPS) is 16.3. The van der Waals surface area contributed by atoms with E-state index in [1.165, 1.54) is 10.9 Å². The van der Waals surface area contributed by atoms with Crippen LogP contribution >= 0.6 is 0 Å². The van der Waals surface area contributed by atoms with E-state index in [-0.39, 0.29) is 17.5 Å². The van der Waals surface area contributed by atoms with Crippen molar-refractivity contribution in [3.63, 3.8) is 0 Å². The summed E-state index contributed by atoms with van der Waals surface area (Å²) in [6, 6.07) is 10.1. The lowest BCUT2D eigenvalue weighted by Crippen LogP contribution is -2.36. The number of para-hydroxylation sites is 1. The number of benzene rings is 1. The van der Waals surface area contributed by atoms with Gasteiger partial charge in [0.15, 0.2) is 0 Å². The van der Waals surface area contributed by atoms with Crippen molar-refractivity contribution in [2.24, 2.45) is 0 Å². The predicted molar refractivity (Wildman–Crippen MR) is 105 cm³/mol. The molecular formula is C21H24N4O2. The van der Waals surface area contributed by atoms with E-state index in [9.17, 15) is 9.59 Å². The molecule has 0 spiro atoms. The third kappa shape index (κ3) is 3.27. The lowest BCUT2D eigenvalue weighted by atomic mass is 9.86. The van der Waals surface area contributed by atoms with Crippen molar-refractivity contribution in [2.75, 3.05) is 6.54 Å². The summed E-state index contributed by atoms with van der Waals surface area (Å²) < 4.78 is 1.60. The first-order chi connectivity index (χ1) is 13.0. The van der Waals surface area contributed by atoms with Gasteiger partial charge in [0.1, 0.15) is 0 Å². The molecule has 140 valence electrons. The van der Waals surface area contributed by atoms with E-state index in [4.69, 9.17) is 0 Å². The van der Waals surface area contributed by atoms with E-state index < -0.39 is 0 Å². The zero-order valence-corrected chi connectivity index (χ0v) is 15.7. The largest absolute Gasteiger partial charge is 0.357 e. The van der Waals surface area contributed by atoms with Gasteiger partial charge in [-0.3, -0.25) is 9.36 Å². The van der Waals surface area contributed by atoms with Crippen LogP contribution in [0.4, 0.5) is 0 Å². The number of aryl methyl sites for hydroxylation is 3. The molecule has 6 nitrogen and oxygen atoms in total. The number of amides is 1. The van der Waals surface area contributed by atoms with Gasteiger partial charge in [0.25, 0.3) is 0 Å². The first-order valence-corrected chi connectivity index (χ1v) is 9.47. The van der Waals surface area contributed by atoms with E-state index in [0.717, 1.165) is 36.2 Å². The van der Waals surface area contributed by atoms with Gasteiger partial charge in [-0.1, -0.05) is 18.2 Å². The number of fused-ring (bicyclic) bond motifs is 3. The molecule has 0 aliphatic heterocycles. The second-order valence-electron chi connectivity index (χ2n) is 7.27. The smallest absolute Gasteiger partial charge is 0.348 e. The molecule has 1 aliphatic rings. The van der Waals surface area contributed by atoms with Crippen LogP contribution in [0.15, 0.2) is 35.1 Å². The highest BCUT2D eigenvalue weighted by atomic mass is 16.2. The second-order valence-corrected chi connectivity index (χ2v) is 7.27. The van der Waals surface area contributed by atoms with Crippen LogP contribution < -0.4 is 11.0 Å². The molecule has 0 radical (unpaired) electrons. The van der Waals surface area contributed by atoms with Gasteiger partial charge >= 0.3 is 5.69 Å². The number of aromatic amines is 1. The molecule has 0 saturated carbocycles. The summed E-state index contributed by atoms with van der Waals surface area (Å²) in [4.78, 5) is 32.3. The Morgan fingerprint density at radius 2 is 2.15 bits per heavy atom. The number of hydrogen-bond acceptors (Lipinski definition) is 3. The van der Waals surface area contributed by atoms with Gasteiger partial charge in [0.05, 0.1) is 5.92 Å². The summed E-state index contributed by atoms with van der Waals surface area (Å²) in [5, 5.41) is 4.23. The molecule has 0 unspecified atom stereocenters. The Bertz CT molecular complexity index is 1060. The summed E-state index contributed by atoms with van der Waals surface area (Å²) in [5.41, 5.74) is 4.72. The molecule has 6 heteroatoms. The van der Waals surface area contributed by atoms with Crippen LogP contribution in [-0.2, 0) is 17.8 Å². The maximum atomic E-state index is 12.8. The molecule has 1 amide bonds. The average Bonchev–Trinajstić information content (AvgIpc) is 3.02. The molecule has 1 atom stereocenters. The van der Waals surface area contributed by atoms with Crippen LogP contribution in [0.2, 0.25) is 0 Å². The maximum absolute atomic E-state index is 12.8. The van der Waals surface area contributed by atoms with Crippen LogP contribution in [0.5, 0.6) is 0 Å². The molecule has 2 heterocycles. The van der Waals surface area contributed by atoms with E-state index in [1.807, 2.05) is 32.0 Å². The highest BCUT2D eigenvalue weighted by Crippen LogP contribution is 2.36. The van der Waals surface area contributed by atoms with Crippen molar-refractivity contribution >= 4 is 16.8 Å². The van der Waals surface area contributed by atoms with E-state index in [1.54, 1.807) is 4.57 Å². The van der Waals surface area contributed by atoms with Gasteiger partial charge in [0, 0.05) is 41.1 Å². The Morgan fingerprint density at radius 3 is 2.96 bits per heavy atom. The Morgan fingerprint density at radius 1 is 1.33 bits per heavy atom. The van der Waals surface area contributed by atoms with Crippen molar-refractivity contribution < 1.29 is 4.79 Å². The molecule has 0 bridgehead atoms. The molecule has 27 heavy (non-hydrogen) atoms. The molecule has 2 aromatic heterocycles. The maximum Gasteiger partial charge on any atom is 0.348 e.